The van der Waals surface area contributed by atoms with Crippen LogP contribution in [0.25, 0.3) is 0 Å². The average molecular weight is 401 g/mol. The second kappa shape index (κ2) is 15.3. The van der Waals surface area contributed by atoms with E-state index in [1.807, 2.05) is 0 Å². The Morgan fingerprint density at radius 3 is 1.71 bits per heavy atom. The van der Waals surface area contributed by atoms with E-state index < -0.39 is 11.4 Å². The molecule has 0 spiro atoms. The van der Waals surface area contributed by atoms with Crippen LogP contribution in [-0.4, -0.2) is 54.0 Å². The minimum absolute atomic E-state index is 0.286. The Bertz CT molecular complexity index is 393. The molecule has 0 heterocycles. The van der Waals surface area contributed by atoms with Gasteiger partial charge in [-0.05, 0) is 20.3 Å². The predicted molar refractivity (Wildman–Crippen MR) is 120 cm³/mol. The van der Waals surface area contributed by atoms with Gasteiger partial charge in [0.05, 0.1) is 26.1 Å². The van der Waals surface area contributed by atoms with Crippen molar-refractivity contribution in [2.75, 3.05) is 27.2 Å². The van der Waals surface area contributed by atoms with Crippen molar-refractivity contribution in [2.45, 2.75) is 117 Å². The van der Waals surface area contributed by atoms with Crippen molar-refractivity contribution in [1.29, 1.82) is 0 Å². The first-order valence-corrected chi connectivity index (χ1v) is 11.8. The molecule has 0 aliphatic heterocycles. The van der Waals surface area contributed by atoms with Crippen molar-refractivity contribution in [3.05, 3.63) is 0 Å². The molecule has 0 saturated heterocycles. The van der Waals surface area contributed by atoms with Crippen molar-refractivity contribution in [3.63, 3.8) is 0 Å². The lowest BCUT2D eigenvalue weighted by molar-refractivity contribution is -0.894. The first kappa shape index (κ1) is 27.4. The highest BCUT2D eigenvalue weighted by Gasteiger charge is 2.31. The quantitative estimate of drug-likeness (QED) is 0.206. The Kier molecular flexibility index (Phi) is 14.9. The third kappa shape index (κ3) is 15.3. The van der Waals surface area contributed by atoms with Gasteiger partial charge in [-0.1, -0.05) is 84.0 Å². The number of likely N-dealkylation sites (N-methyl/N-ethyl adjacent to an activating group) is 1. The molecule has 4 nitrogen and oxygen atoms in total. The van der Waals surface area contributed by atoms with Gasteiger partial charge in [-0.25, -0.2) is 0 Å². The van der Waals surface area contributed by atoms with E-state index >= 15 is 0 Å². The lowest BCUT2D eigenvalue weighted by atomic mass is 9.89. The van der Waals surface area contributed by atoms with Crippen molar-refractivity contribution in [3.8, 4) is 0 Å². The molecule has 1 unspecified atom stereocenters. The van der Waals surface area contributed by atoms with E-state index in [1.165, 1.54) is 70.6 Å². The maximum atomic E-state index is 11.2. The van der Waals surface area contributed by atoms with E-state index in [4.69, 9.17) is 0 Å². The topological polar surface area (TPSA) is 57.5 Å². The summed E-state index contributed by atoms with van der Waals surface area (Å²) in [7, 11) is 4.17. The summed E-state index contributed by atoms with van der Waals surface area (Å²) in [4.78, 5) is 11.2. The first-order valence-electron chi connectivity index (χ1n) is 11.8. The van der Waals surface area contributed by atoms with E-state index in [0.717, 1.165) is 19.4 Å². The fraction of sp³-hybridized carbons (Fsp3) is 0.958. The number of rotatable bonds is 19. The highest BCUT2D eigenvalue weighted by Crippen LogP contribution is 2.22. The van der Waals surface area contributed by atoms with Crippen LogP contribution in [0, 0.1) is 5.41 Å². The summed E-state index contributed by atoms with van der Waals surface area (Å²) in [5.41, 5.74) is -0.698. The molecule has 0 aromatic carbocycles. The second-order valence-corrected chi connectivity index (χ2v) is 10.1. The molecule has 0 rings (SSSR count). The fourth-order valence-corrected chi connectivity index (χ4v) is 3.66. The molecule has 0 fully saturated rings. The third-order valence-corrected chi connectivity index (χ3v) is 6.02. The zero-order chi connectivity index (χ0) is 21.5. The van der Waals surface area contributed by atoms with Crippen LogP contribution in [0.2, 0.25) is 0 Å². The molecule has 0 saturated carbocycles. The van der Waals surface area contributed by atoms with Gasteiger partial charge in [-0.2, -0.15) is 0 Å². The summed E-state index contributed by atoms with van der Waals surface area (Å²) in [6, 6.07) is 0. The van der Waals surface area contributed by atoms with Gasteiger partial charge in [0.1, 0.15) is 12.6 Å². The SMILES string of the molecule is CCCCCCCCCCCCCCC(O)C[N+](C)(C)CCC(C)(C)C(=O)O. The van der Waals surface area contributed by atoms with Gasteiger partial charge in [0, 0.05) is 6.42 Å². The molecular formula is C24H50NO3+. The van der Waals surface area contributed by atoms with E-state index in [2.05, 4.69) is 21.0 Å². The maximum absolute atomic E-state index is 11.2. The van der Waals surface area contributed by atoms with Crippen molar-refractivity contribution >= 4 is 5.97 Å². The molecule has 168 valence electrons. The van der Waals surface area contributed by atoms with E-state index in [9.17, 15) is 15.0 Å². The number of carbonyl (C=O) groups is 1. The summed E-state index contributed by atoms with van der Waals surface area (Å²) in [5.74, 6) is -0.746. The van der Waals surface area contributed by atoms with Crippen LogP contribution in [0.3, 0.4) is 0 Å². The molecule has 0 aliphatic carbocycles. The standard InChI is InChI=1S/C24H49NO3/c1-6-7-8-9-10-11-12-13-14-15-16-17-18-22(26)21-25(4,5)20-19-24(2,3)23(27)28/h22,26H,6-21H2,1-5H3/p+1. The van der Waals surface area contributed by atoms with Crippen molar-refractivity contribution in [2.24, 2.45) is 5.41 Å². The minimum Gasteiger partial charge on any atom is -0.481 e. The van der Waals surface area contributed by atoms with Crippen LogP contribution >= 0.6 is 0 Å². The van der Waals surface area contributed by atoms with E-state index in [1.54, 1.807) is 13.8 Å². The molecular weight excluding hydrogens is 350 g/mol. The number of aliphatic carboxylic acids is 1. The molecule has 0 radical (unpaired) electrons. The molecule has 1 atom stereocenters. The number of aliphatic hydroxyl groups is 1. The molecule has 0 aromatic heterocycles. The first-order chi connectivity index (χ1) is 13.1. The highest BCUT2D eigenvalue weighted by molar-refractivity contribution is 5.73. The van der Waals surface area contributed by atoms with Crippen LogP contribution < -0.4 is 0 Å². The lowest BCUT2D eigenvalue weighted by Gasteiger charge is -2.34. The van der Waals surface area contributed by atoms with Gasteiger partial charge >= 0.3 is 5.97 Å². The Labute approximate surface area is 175 Å². The van der Waals surface area contributed by atoms with Crippen LogP contribution in [0.1, 0.15) is 111 Å². The Morgan fingerprint density at radius 2 is 1.29 bits per heavy atom. The number of aliphatic hydroxyl groups excluding tert-OH is 1. The summed E-state index contributed by atoms with van der Waals surface area (Å²) in [6.45, 7) is 7.29. The summed E-state index contributed by atoms with van der Waals surface area (Å²) in [5, 5.41) is 19.6. The number of unbranched alkanes of at least 4 members (excludes halogenated alkanes) is 11. The Hall–Kier alpha value is -0.610. The third-order valence-electron chi connectivity index (χ3n) is 6.02. The molecule has 0 aromatic rings. The number of hydrogen-bond donors (Lipinski definition) is 2. The van der Waals surface area contributed by atoms with Crippen LogP contribution in [0.5, 0.6) is 0 Å². The number of quaternary nitrogens is 1. The fourth-order valence-electron chi connectivity index (χ4n) is 3.66. The van der Waals surface area contributed by atoms with Gasteiger partial charge in [-0.15, -0.1) is 0 Å². The second-order valence-electron chi connectivity index (χ2n) is 10.1. The maximum Gasteiger partial charge on any atom is 0.309 e. The highest BCUT2D eigenvalue weighted by atomic mass is 16.4. The lowest BCUT2D eigenvalue weighted by Crippen LogP contribution is -2.47. The van der Waals surface area contributed by atoms with Crippen molar-refractivity contribution < 1.29 is 19.5 Å². The van der Waals surface area contributed by atoms with E-state index in [0.29, 0.717) is 17.4 Å². The zero-order valence-electron chi connectivity index (χ0n) is 19.6. The molecule has 4 heteroatoms. The van der Waals surface area contributed by atoms with Gasteiger partial charge < -0.3 is 14.7 Å². The molecule has 2 N–H and O–H groups in total. The normalized spacial score (nSPS) is 13.6. The summed E-state index contributed by atoms with van der Waals surface area (Å²) in [6.07, 6.45) is 17.2. The Morgan fingerprint density at radius 1 is 0.857 bits per heavy atom. The number of nitrogens with zero attached hydrogens (tertiary/aromatic N) is 1. The van der Waals surface area contributed by atoms with Gasteiger partial charge in [0.25, 0.3) is 0 Å². The molecule has 0 aliphatic rings. The van der Waals surface area contributed by atoms with Crippen LogP contribution in [-0.2, 0) is 4.79 Å². The molecule has 28 heavy (non-hydrogen) atoms. The summed E-state index contributed by atoms with van der Waals surface area (Å²) < 4.78 is 0.677. The minimum atomic E-state index is -0.746. The zero-order valence-corrected chi connectivity index (χ0v) is 19.6. The summed E-state index contributed by atoms with van der Waals surface area (Å²) >= 11 is 0. The number of carboxylic acids is 1. The molecule has 0 bridgehead atoms. The predicted octanol–water partition coefficient (Wildman–Crippen LogP) is 6.02. The van der Waals surface area contributed by atoms with Gasteiger partial charge in [0.15, 0.2) is 0 Å². The smallest absolute Gasteiger partial charge is 0.309 e. The number of hydrogen-bond acceptors (Lipinski definition) is 2. The van der Waals surface area contributed by atoms with Gasteiger partial charge in [-0.3, -0.25) is 4.79 Å². The monoisotopic (exact) mass is 400 g/mol. The van der Waals surface area contributed by atoms with Crippen LogP contribution in [0.15, 0.2) is 0 Å². The van der Waals surface area contributed by atoms with Crippen LogP contribution in [0.4, 0.5) is 0 Å². The average Bonchev–Trinajstić information content (AvgIpc) is 2.60. The number of carboxylic acid groups (broad SMARTS) is 1. The molecule has 0 amide bonds. The van der Waals surface area contributed by atoms with Crippen molar-refractivity contribution in [1.82, 2.24) is 0 Å². The Balaban J connectivity index is 3.65. The van der Waals surface area contributed by atoms with Gasteiger partial charge in [0.2, 0.25) is 0 Å². The largest absolute Gasteiger partial charge is 0.481 e. The van der Waals surface area contributed by atoms with E-state index in [-0.39, 0.29) is 6.10 Å².